The van der Waals surface area contributed by atoms with Crippen molar-refractivity contribution < 1.29 is 9.53 Å². The fourth-order valence-electron chi connectivity index (χ4n) is 1.76. The minimum absolute atomic E-state index is 0.112. The van der Waals surface area contributed by atoms with Crippen molar-refractivity contribution in [1.29, 1.82) is 0 Å². The maximum absolute atomic E-state index is 12.0. The molecule has 0 spiro atoms. The zero-order valence-corrected chi connectivity index (χ0v) is 14.3. The van der Waals surface area contributed by atoms with E-state index in [0.29, 0.717) is 22.3 Å². The van der Waals surface area contributed by atoms with Crippen LogP contribution in [0.15, 0.2) is 12.1 Å². The molecule has 21 heavy (non-hydrogen) atoms. The summed E-state index contributed by atoms with van der Waals surface area (Å²) in [5, 5.41) is 6.84. The van der Waals surface area contributed by atoms with Gasteiger partial charge in [0, 0.05) is 23.2 Å². The first-order valence-corrected chi connectivity index (χ1v) is 7.74. The van der Waals surface area contributed by atoms with E-state index >= 15 is 0 Å². The Balaban J connectivity index is 2.88. The Morgan fingerprint density at radius 3 is 2.57 bits per heavy atom. The number of carbonyl (C=O) groups is 1. The second kappa shape index (κ2) is 8.47. The first-order valence-electron chi connectivity index (χ1n) is 6.98. The van der Waals surface area contributed by atoms with Gasteiger partial charge in [0.05, 0.1) is 5.02 Å². The van der Waals surface area contributed by atoms with Crippen molar-refractivity contribution in [3.05, 3.63) is 27.7 Å². The van der Waals surface area contributed by atoms with Crippen LogP contribution in [0.1, 0.15) is 32.8 Å². The highest BCUT2D eigenvalue weighted by atomic mass is 35.5. The molecule has 118 valence electrons. The third kappa shape index (κ3) is 5.38. The van der Waals surface area contributed by atoms with E-state index in [0.717, 1.165) is 12.0 Å². The molecule has 0 aliphatic carbocycles. The van der Waals surface area contributed by atoms with Crippen molar-refractivity contribution in [2.24, 2.45) is 0 Å². The summed E-state index contributed by atoms with van der Waals surface area (Å²) in [6.07, 6.45) is 0.235. The summed E-state index contributed by atoms with van der Waals surface area (Å²) in [6, 6.07) is 3.50. The summed E-state index contributed by atoms with van der Waals surface area (Å²) in [5.41, 5.74) is 0.818. The largest absolute Gasteiger partial charge is 0.479 e. The predicted octanol–water partition coefficient (Wildman–Crippen LogP) is 3.39. The molecule has 0 saturated heterocycles. The Bertz CT molecular complexity index is 495. The molecular weight excluding hydrogens is 311 g/mol. The summed E-state index contributed by atoms with van der Waals surface area (Å²) in [5.74, 6) is 0.327. The number of hydrogen-bond acceptors (Lipinski definition) is 3. The fourth-order valence-corrected chi connectivity index (χ4v) is 2.34. The van der Waals surface area contributed by atoms with E-state index in [-0.39, 0.29) is 11.9 Å². The summed E-state index contributed by atoms with van der Waals surface area (Å²) in [7, 11) is 1.82. The molecule has 2 atom stereocenters. The minimum Gasteiger partial charge on any atom is -0.479 e. The summed E-state index contributed by atoms with van der Waals surface area (Å²) >= 11 is 12.2. The lowest BCUT2D eigenvalue weighted by atomic mass is 10.2. The van der Waals surface area contributed by atoms with Crippen LogP contribution in [0.3, 0.4) is 0 Å². The number of benzene rings is 1. The van der Waals surface area contributed by atoms with E-state index in [1.54, 1.807) is 19.1 Å². The number of ether oxygens (including phenoxy) is 1. The van der Waals surface area contributed by atoms with Crippen LogP contribution in [0, 0.1) is 0 Å². The molecule has 0 heterocycles. The SMILES string of the molecule is CCC(C)NC(=O)C(C)Oc1c(Cl)cc(Cl)cc1CNC. The third-order valence-corrected chi connectivity index (χ3v) is 3.62. The van der Waals surface area contributed by atoms with Crippen molar-refractivity contribution in [3.63, 3.8) is 0 Å². The van der Waals surface area contributed by atoms with Crippen molar-refractivity contribution in [2.75, 3.05) is 7.05 Å². The van der Waals surface area contributed by atoms with Crippen molar-refractivity contribution >= 4 is 29.1 Å². The van der Waals surface area contributed by atoms with Gasteiger partial charge in [-0.05, 0) is 39.4 Å². The molecule has 1 aromatic carbocycles. The molecule has 4 nitrogen and oxygen atoms in total. The number of amides is 1. The van der Waals surface area contributed by atoms with Crippen LogP contribution in [0.2, 0.25) is 10.0 Å². The van der Waals surface area contributed by atoms with Gasteiger partial charge < -0.3 is 15.4 Å². The Kier molecular flexibility index (Phi) is 7.29. The smallest absolute Gasteiger partial charge is 0.260 e. The quantitative estimate of drug-likeness (QED) is 0.804. The molecule has 0 aliphatic rings. The zero-order chi connectivity index (χ0) is 16.0. The van der Waals surface area contributed by atoms with Crippen LogP contribution < -0.4 is 15.4 Å². The zero-order valence-electron chi connectivity index (χ0n) is 12.8. The Hall–Kier alpha value is -0.970. The van der Waals surface area contributed by atoms with E-state index in [4.69, 9.17) is 27.9 Å². The van der Waals surface area contributed by atoms with Crippen LogP contribution >= 0.6 is 23.2 Å². The molecule has 0 saturated carbocycles. The molecule has 1 aromatic rings. The molecule has 0 radical (unpaired) electrons. The summed E-state index contributed by atoms with van der Waals surface area (Å²) in [6.45, 7) is 6.21. The lowest BCUT2D eigenvalue weighted by Gasteiger charge is -2.20. The Labute approximate surface area is 136 Å². The Morgan fingerprint density at radius 1 is 1.33 bits per heavy atom. The highest BCUT2D eigenvalue weighted by molar-refractivity contribution is 6.35. The predicted molar refractivity (Wildman–Crippen MR) is 87.2 cm³/mol. The molecule has 2 unspecified atom stereocenters. The number of halogens is 2. The van der Waals surface area contributed by atoms with Crippen molar-refractivity contribution in [2.45, 2.75) is 45.9 Å². The van der Waals surface area contributed by atoms with Gasteiger partial charge in [0.15, 0.2) is 6.10 Å². The van der Waals surface area contributed by atoms with Gasteiger partial charge in [-0.15, -0.1) is 0 Å². The first kappa shape index (κ1) is 18.1. The average molecular weight is 333 g/mol. The molecular formula is C15H22Cl2N2O2. The lowest BCUT2D eigenvalue weighted by Crippen LogP contribution is -2.41. The van der Waals surface area contributed by atoms with Crippen LogP contribution in [0.25, 0.3) is 0 Å². The molecule has 0 aliphatic heterocycles. The molecule has 0 aromatic heterocycles. The molecule has 0 bridgehead atoms. The van der Waals surface area contributed by atoms with E-state index in [1.165, 1.54) is 0 Å². The molecule has 1 amide bonds. The molecule has 0 fully saturated rings. The van der Waals surface area contributed by atoms with Gasteiger partial charge in [0.1, 0.15) is 5.75 Å². The molecule has 2 N–H and O–H groups in total. The van der Waals surface area contributed by atoms with E-state index in [2.05, 4.69) is 10.6 Å². The maximum Gasteiger partial charge on any atom is 0.260 e. The van der Waals surface area contributed by atoms with Crippen LogP contribution in [0.4, 0.5) is 0 Å². The maximum atomic E-state index is 12.0. The second-order valence-corrected chi connectivity index (χ2v) is 5.83. The van der Waals surface area contributed by atoms with Crippen LogP contribution in [-0.2, 0) is 11.3 Å². The van der Waals surface area contributed by atoms with Gasteiger partial charge in [-0.3, -0.25) is 4.79 Å². The standard InChI is InChI=1S/C15H22Cl2N2O2/c1-5-9(2)19-15(20)10(3)21-14-11(8-18-4)6-12(16)7-13(14)17/h6-7,9-10,18H,5,8H2,1-4H3,(H,19,20). The van der Waals surface area contributed by atoms with Crippen molar-refractivity contribution in [3.8, 4) is 5.75 Å². The van der Waals surface area contributed by atoms with E-state index in [1.807, 2.05) is 20.9 Å². The average Bonchev–Trinajstić information content (AvgIpc) is 2.42. The number of carbonyl (C=O) groups excluding carboxylic acids is 1. The molecule has 6 heteroatoms. The Morgan fingerprint density at radius 2 is 2.00 bits per heavy atom. The van der Waals surface area contributed by atoms with E-state index in [9.17, 15) is 4.79 Å². The van der Waals surface area contributed by atoms with Gasteiger partial charge in [-0.25, -0.2) is 0 Å². The first-order chi connectivity index (χ1) is 9.88. The molecule has 1 rings (SSSR count). The van der Waals surface area contributed by atoms with Crippen molar-refractivity contribution in [1.82, 2.24) is 10.6 Å². The minimum atomic E-state index is -0.631. The number of nitrogens with one attached hydrogen (secondary N) is 2. The second-order valence-electron chi connectivity index (χ2n) is 4.98. The topological polar surface area (TPSA) is 50.4 Å². The third-order valence-electron chi connectivity index (χ3n) is 3.12. The lowest BCUT2D eigenvalue weighted by molar-refractivity contribution is -0.127. The van der Waals surface area contributed by atoms with E-state index < -0.39 is 6.10 Å². The fraction of sp³-hybridized carbons (Fsp3) is 0.533. The normalized spacial score (nSPS) is 13.6. The summed E-state index contributed by atoms with van der Waals surface area (Å²) < 4.78 is 5.75. The highest BCUT2D eigenvalue weighted by Gasteiger charge is 2.19. The monoisotopic (exact) mass is 332 g/mol. The number of rotatable bonds is 7. The van der Waals surface area contributed by atoms with Gasteiger partial charge in [0.2, 0.25) is 0 Å². The highest BCUT2D eigenvalue weighted by Crippen LogP contribution is 2.33. The van der Waals surface area contributed by atoms with Gasteiger partial charge in [0.25, 0.3) is 5.91 Å². The number of hydrogen-bond donors (Lipinski definition) is 2. The van der Waals surface area contributed by atoms with Gasteiger partial charge in [-0.1, -0.05) is 30.1 Å². The van der Waals surface area contributed by atoms with Gasteiger partial charge >= 0.3 is 0 Å². The van der Waals surface area contributed by atoms with Crippen LogP contribution in [-0.4, -0.2) is 25.1 Å². The van der Waals surface area contributed by atoms with Gasteiger partial charge in [-0.2, -0.15) is 0 Å². The summed E-state index contributed by atoms with van der Waals surface area (Å²) in [4.78, 5) is 12.0. The van der Waals surface area contributed by atoms with Crippen LogP contribution in [0.5, 0.6) is 5.75 Å².